The topological polar surface area (TPSA) is 17.1 Å². The van der Waals surface area contributed by atoms with Crippen molar-refractivity contribution >= 4 is 48.7 Å². The average molecular weight is 362 g/mol. The Labute approximate surface area is 117 Å². The molecule has 1 nitrogen and oxygen atoms in total. The molecule has 0 N–H and O–H groups in total. The van der Waals surface area contributed by atoms with E-state index in [2.05, 4.69) is 43.7 Å². The van der Waals surface area contributed by atoms with Gasteiger partial charge >= 0.3 is 0 Å². The molecule has 0 aliphatic heterocycles. The predicted molar refractivity (Wildman–Crippen MR) is 76.5 cm³/mol. The fraction of sp³-hybridized carbons (Fsp3) is 0.250. The van der Waals surface area contributed by atoms with Gasteiger partial charge in [0.1, 0.15) is 0 Å². The van der Waals surface area contributed by atoms with Crippen molar-refractivity contribution in [1.29, 1.82) is 0 Å². The van der Waals surface area contributed by atoms with Crippen LogP contribution in [-0.4, -0.2) is 10.9 Å². The Kier molecular flexibility index (Phi) is 6.18. The maximum Gasteiger partial charge on any atom is 0.185 e. The lowest BCUT2D eigenvalue weighted by Crippen LogP contribution is -1.84. The summed E-state index contributed by atoms with van der Waals surface area (Å²) in [5.41, 5.74) is 0.960. The summed E-state index contributed by atoms with van der Waals surface area (Å²) in [6.07, 6.45) is 0.725. The molecule has 84 valence electrons. The van der Waals surface area contributed by atoms with E-state index in [1.54, 1.807) is 6.92 Å². The van der Waals surface area contributed by atoms with Crippen molar-refractivity contribution in [3.8, 4) is 11.8 Å². The van der Waals surface area contributed by atoms with Gasteiger partial charge in [0.25, 0.3) is 0 Å². The predicted octanol–water partition coefficient (Wildman–Crippen LogP) is 4.23. The van der Waals surface area contributed by atoms with Gasteiger partial charge in [-0.1, -0.05) is 39.5 Å². The molecule has 0 aromatic heterocycles. The van der Waals surface area contributed by atoms with Gasteiger partial charge in [0.2, 0.25) is 0 Å². The van der Waals surface area contributed by atoms with Crippen molar-refractivity contribution in [2.45, 2.75) is 13.3 Å². The fourth-order valence-corrected chi connectivity index (χ4v) is 2.20. The zero-order chi connectivity index (χ0) is 12.0. The molecule has 4 heteroatoms. The first kappa shape index (κ1) is 13.8. The van der Waals surface area contributed by atoms with Crippen LogP contribution in [-0.2, 0) is 4.79 Å². The summed E-state index contributed by atoms with van der Waals surface area (Å²) in [7, 11) is 0. The number of carbonyl (C=O) groups is 1. The zero-order valence-electron chi connectivity index (χ0n) is 8.72. The highest BCUT2D eigenvalue weighted by molar-refractivity contribution is 9.11. The Morgan fingerprint density at radius 3 is 2.88 bits per heavy atom. The third kappa shape index (κ3) is 5.20. The molecular weight excluding hydrogens is 352 g/mol. The van der Waals surface area contributed by atoms with Crippen molar-refractivity contribution in [2.75, 3.05) is 5.75 Å². The first-order chi connectivity index (χ1) is 7.59. The van der Waals surface area contributed by atoms with E-state index in [9.17, 15) is 4.79 Å². The van der Waals surface area contributed by atoms with Gasteiger partial charge in [-0.2, -0.15) is 0 Å². The van der Waals surface area contributed by atoms with E-state index in [1.165, 1.54) is 11.8 Å². The highest BCUT2D eigenvalue weighted by atomic mass is 79.9. The first-order valence-electron chi connectivity index (χ1n) is 4.67. The molecule has 0 bridgehead atoms. The number of thioether (sulfide) groups is 1. The molecule has 0 aliphatic carbocycles. The second-order valence-electron chi connectivity index (χ2n) is 3.02. The summed E-state index contributed by atoms with van der Waals surface area (Å²) in [5, 5.41) is 0.144. The lowest BCUT2D eigenvalue weighted by Gasteiger charge is -1.96. The maximum atomic E-state index is 10.7. The maximum absolute atomic E-state index is 10.7. The van der Waals surface area contributed by atoms with E-state index < -0.39 is 0 Å². The molecule has 0 atom stereocenters. The summed E-state index contributed by atoms with van der Waals surface area (Å²) >= 11 is 8.15. The Hall–Kier alpha value is -0.240. The molecular formula is C12H10Br2OS. The standard InChI is InChI=1S/C12H10Br2OS/c1-9(15)16-7-3-2-4-10-8-11(13)5-6-12(10)14/h5-6,8H,3,7H2,1H3. The second kappa shape index (κ2) is 7.16. The van der Waals surface area contributed by atoms with E-state index >= 15 is 0 Å². The van der Waals surface area contributed by atoms with Crippen LogP contribution in [0.5, 0.6) is 0 Å². The van der Waals surface area contributed by atoms with Gasteiger partial charge in [0.15, 0.2) is 5.12 Å². The van der Waals surface area contributed by atoms with Crippen molar-refractivity contribution in [3.63, 3.8) is 0 Å². The third-order valence-corrected chi connectivity index (χ3v) is 3.68. The second-order valence-corrected chi connectivity index (χ2v) is 6.06. The molecule has 0 heterocycles. The molecule has 1 rings (SSSR count). The van der Waals surface area contributed by atoms with Gasteiger partial charge < -0.3 is 0 Å². The van der Waals surface area contributed by atoms with Crippen molar-refractivity contribution in [2.24, 2.45) is 0 Å². The molecule has 0 saturated carbocycles. The first-order valence-corrected chi connectivity index (χ1v) is 7.24. The Morgan fingerprint density at radius 2 is 2.19 bits per heavy atom. The molecule has 0 radical (unpaired) electrons. The summed E-state index contributed by atoms with van der Waals surface area (Å²) < 4.78 is 2.00. The Bertz CT molecular complexity index is 446. The summed E-state index contributed by atoms with van der Waals surface area (Å²) in [6.45, 7) is 1.57. The van der Waals surface area contributed by atoms with Gasteiger partial charge in [-0.3, -0.25) is 4.79 Å². The minimum Gasteiger partial charge on any atom is -0.288 e. The van der Waals surface area contributed by atoms with Crippen LogP contribution < -0.4 is 0 Å². The van der Waals surface area contributed by atoms with Crippen LogP contribution in [0.4, 0.5) is 0 Å². The number of carbonyl (C=O) groups excluding carboxylic acids is 1. The van der Waals surface area contributed by atoms with E-state index in [1.807, 2.05) is 18.2 Å². The van der Waals surface area contributed by atoms with Gasteiger partial charge in [0.05, 0.1) is 0 Å². The van der Waals surface area contributed by atoms with Crippen molar-refractivity contribution in [3.05, 3.63) is 32.7 Å². The average Bonchev–Trinajstić information content (AvgIpc) is 2.22. The van der Waals surface area contributed by atoms with Crippen LogP contribution in [0, 0.1) is 11.8 Å². The summed E-state index contributed by atoms with van der Waals surface area (Å²) in [6, 6.07) is 5.88. The smallest absolute Gasteiger partial charge is 0.185 e. The monoisotopic (exact) mass is 360 g/mol. The zero-order valence-corrected chi connectivity index (χ0v) is 12.7. The quantitative estimate of drug-likeness (QED) is 0.579. The van der Waals surface area contributed by atoms with E-state index in [4.69, 9.17) is 0 Å². The van der Waals surface area contributed by atoms with E-state index in [-0.39, 0.29) is 5.12 Å². The van der Waals surface area contributed by atoms with Crippen LogP contribution in [0.25, 0.3) is 0 Å². The molecule has 1 aromatic carbocycles. The molecule has 0 spiro atoms. The largest absolute Gasteiger partial charge is 0.288 e. The molecule has 16 heavy (non-hydrogen) atoms. The van der Waals surface area contributed by atoms with Gasteiger partial charge in [-0.05, 0) is 34.1 Å². The summed E-state index contributed by atoms with van der Waals surface area (Å²) in [5.74, 6) is 6.89. The Balaban J connectivity index is 2.56. The number of hydrogen-bond acceptors (Lipinski definition) is 2. The number of benzene rings is 1. The summed E-state index contributed by atoms with van der Waals surface area (Å²) in [4.78, 5) is 10.7. The van der Waals surface area contributed by atoms with E-state index in [0.29, 0.717) is 0 Å². The lowest BCUT2D eigenvalue weighted by atomic mass is 10.2. The molecule has 1 aromatic rings. The van der Waals surface area contributed by atoms with Gasteiger partial charge in [-0.15, -0.1) is 0 Å². The molecule has 0 amide bonds. The van der Waals surface area contributed by atoms with Crippen LogP contribution in [0.3, 0.4) is 0 Å². The minimum atomic E-state index is 0.144. The SMILES string of the molecule is CC(=O)SCCC#Cc1cc(Br)ccc1Br. The van der Waals surface area contributed by atoms with Crippen LogP contribution in [0.15, 0.2) is 27.1 Å². The Morgan fingerprint density at radius 1 is 1.44 bits per heavy atom. The third-order valence-electron chi connectivity index (χ3n) is 1.68. The highest BCUT2D eigenvalue weighted by Gasteiger charge is 1.96. The molecule has 0 saturated heterocycles. The minimum absolute atomic E-state index is 0.144. The molecule has 0 aliphatic rings. The van der Waals surface area contributed by atoms with Crippen LogP contribution in [0.1, 0.15) is 18.9 Å². The van der Waals surface area contributed by atoms with Gasteiger partial charge in [0, 0.05) is 33.6 Å². The number of halogens is 2. The van der Waals surface area contributed by atoms with Crippen molar-refractivity contribution in [1.82, 2.24) is 0 Å². The number of hydrogen-bond donors (Lipinski definition) is 0. The molecule has 0 fully saturated rings. The van der Waals surface area contributed by atoms with Crippen LogP contribution >= 0.6 is 43.6 Å². The van der Waals surface area contributed by atoms with E-state index in [0.717, 1.165) is 26.7 Å². The fourth-order valence-electron chi connectivity index (χ4n) is 0.997. The van der Waals surface area contributed by atoms with Crippen LogP contribution in [0.2, 0.25) is 0 Å². The highest BCUT2D eigenvalue weighted by Crippen LogP contribution is 2.20. The molecule has 0 unspecified atom stereocenters. The number of rotatable bonds is 2. The lowest BCUT2D eigenvalue weighted by molar-refractivity contribution is -0.109. The van der Waals surface area contributed by atoms with Gasteiger partial charge in [-0.25, -0.2) is 0 Å². The normalized spacial score (nSPS) is 9.44. The van der Waals surface area contributed by atoms with Crippen molar-refractivity contribution < 1.29 is 4.79 Å².